The zero-order chi connectivity index (χ0) is 13.7. The molecule has 0 radical (unpaired) electrons. The largest absolute Gasteiger partial charge is 0.399 e. The molecule has 5 heteroatoms. The molecule has 0 amide bonds. The molecule has 0 saturated heterocycles. The molecule has 0 spiro atoms. The summed E-state index contributed by atoms with van der Waals surface area (Å²) in [6.45, 7) is 3.11. The zero-order valence-corrected chi connectivity index (χ0v) is 11.1. The van der Waals surface area contributed by atoms with Gasteiger partial charge in [0.1, 0.15) is 12.1 Å². The van der Waals surface area contributed by atoms with Gasteiger partial charge in [-0.15, -0.1) is 0 Å². The van der Waals surface area contributed by atoms with Gasteiger partial charge in [-0.1, -0.05) is 6.92 Å². The van der Waals surface area contributed by atoms with E-state index < -0.39 is 0 Å². The molecular weight excluding hydrogens is 240 g/mol. The quantitative estimate of drug-likeness (QED) is 0.546. The second kappa shape index (κ2) is 6.33. The molecule has 1 aromatic heterocycles. The lowest BCUT2D eigenvalue weighted by molar-refractivity contribution is 0.229. The highest BCUT2D eigenvalue weighted by atomic mass is 16.3. The van der Waals surface area contributed by atoms with E-state index in [1.165, 1.54) is 0 Å². The summed E-state index contributed by atoms with van der Waals surface area (Å²) in [7, 11) is 0. The maximum Gasteiger partial charge on any atom is 0.137 e. The number of nitrogens with two attached hydrogens (primary N) is 1. The second-order valence-corrected chi connectivity index (χ2v) is 4.86. The fourth-order valence-electron chi connectivity index (χ4n) is 1.96. The second-order valence-electron chi connectivity index (χ2n) is 4.86. The number of benzene rings is 1. The molecule has 2 rings (SSSR count). The number of rotatable bonds is 6. The van der Waals surface area contributed by atoms with Gasteiger partial charge in [0, 0.05) is 24.2 Å². The summed E-state index contributed by atoms with van der Waals surface area (Å²) in [6, 6.07) is 5.61. The van der Waals surface area contributed by atoms with Gasteiger partial charge in [-0.25, -0.2) is 9.97 Å². The molecule has 0 bridgehead atoms. The van der Waals surface area contributed by atoms with Crippen LogP contribution in [0.25, 0.3) is 10.9 Å². The first-order chi connectivity index (χ1) is 9.20. The molecule has 2 aromatic rings. The Balaban J connectivity index is 2.02. The van der Waals surface area contributed by atoms with Crippen molar-refractivity contribution < 1.29 is 5.11 Å². The highest BCUT2D eigenvalue weighted by Crippen LogP contribution is 2.21. The molecule has 0 aliphatic carbocycles. The van der Waals surface area contributed by atoms with Crippen molar-refractivity contribution in [2.45, 2.75) is 19.8 Å². The lowest BCUT2D eigenvalue weighted by atomic mass is 10.1. The minimum absolute atomic E-state index is 0.243. The fraction of sp³-hybridized carbons (Fsp3) is 0.429. The number of anilines is 2. The van der Waals surface area contributed by atoms with Crippen molar-refractivity contribution in [1.29, 1.82) is 0 Å². The van der Waals surface area contributed by atoms with Crippen LogP contribution in [0.5, 0.6) is 0 Å². The van der Waals surface area contributed by atoms with Crippen LogP contribution >= 0.6 is 0 Å². The predicted octanol–water partition coefficient (Wildman–Crippen LogP) is 2.03. The van der Waals surface area contributed by atoms with Crippen molar-refractivity contribution in [3.63, 3.8) is 0 Å². The van der Waals surface area contributed by atoms with E-state index in [-0.39, 0.29) is 6.61 Å². The average Bonchev–Trinajstić information content (AvgIpc) is 2.43. The third-order valence-corrected chi connectivity index (χ3v) is 3.14. The summed E-state index contributed by atoms with van der Waals surface area (Å²) in [5, 5.41) is 13.2. The minimum Gasteiger partial charge on any atom is -0.399 e. The predicted molar refractivity (Wildman–Crippen MR) is 77.9 cm³/mol. The minimum atomic E-state index is 0.243. The smallest absolute Gasteiger partial charge is 0.137 e. The van der Waals surface area contributed by atoms with Crippen LogP contribution in [0, 0.1) is 5.92 Å². The average molecular weight is 260 g/mol. The first-order valence-electron chi connectivity index (χ1n) is 6.55. The van der Waals surface area contributed by atoms with Crippen LogP contribution in [-0.2, 0) is 0 Å². The summed E-state index contributed by atoms with van der Waals surface area (Å²) in [5.41, 5.74) is 7.39. The van der Waals surface area contributed by atoms with Crippen molar-refractivity contribution in [2.24, 2.45) is 5.92 Å². The summed E-state index contributed by atoms with van der Waals surface area (Å²) in [5.74, 6) is 1.16. The third kappa shape index (κ3) is 3.54. The third-order valence-electron chi connectivity index (χ3n) is 3.14. The SMILES string of the molecule is CC(CO)CCCNc1ncnc2ccc(N)cc12. The Kier molecular flexibility index (Phi) is 4.52. The van der Waals surface area contributed by atoms with E-state index in [0.29, 0.717) is 11.6 Å². The number of aliphatic hydroxyl groups excluding tert-OH is 1. The van der Waals surface area contributed by atoms with Crippen LogP contribution in [0.15, 0.2) is 24.5 Å². The molecule has 1 aromatic carbocycles. The molecular formula is C14H20N4O. The molecule has 19 heavy (non-hydrogen) atoms. The summed E-state index contributed by atoms with van der Waals surface area (Å²) >= 11 is 0. The maximum absolute atomic E-state index is 8.97. The van der Waals surface area contributed by atoms with Gasteiger partial charge in [-0.3, -0.25) is 0 Å². The number of hydrogen-bond acceptors (Lipinski definition) is 5. The van der Waals surface area contributed by atoms with Crippen molar-refractivity contribution >= 4 is 22.4 Å². The van der Waals surface area contributed by atoms with Gasteiger partial charge in [-0.05, 0) is 37.0 Å². The number of nitrogens with one attached hydrogen (secondary N) is 1. The van der Waals surface area contributed by atoms with E-state index >= 15 is 0 Å². The summed E-state index contributed by atoms with van der Waals surface area (Å²) in [6.07, 6.45) is 3.54. The van der Waals surface area contributed by atoms with E-state index in [1.54, 1.807) is 6.33 Å². The van der Waals surface area contributed by atoms with Gasteiger partial charge in [0.2, 0.25) is 0 Å². The molecule has 1 heterocycles. The van der Waals surface area contributed by atoms with Crippen LogP contribution in [0.2, 0.25) is 0 Å². The van der Waals surface area contributed by atoms with Gasteiger partial charge in [0.05, 0.1) is 5.52 Å². The van der Waals surface area contributed by atoms with Gasteiger partial charge >= 0.3 is 0 Å². The number of hydrogen-bond donors (Lipinski definition) is 3. The first kappa shape index (κ1) is 13.5. The van der Waals surface area contributed by atoms with Crippen molar-refractivity contribution in [3.8, 4) is 0 Å². The maximum atomic E-state index is 8.97. The highest BCUT2D eigenvalue weighted by molar-refractivity contribution is 5.91. The summed E-state index contributed by atoms with van der Waals surface area (Å²) < 4.78 is 0. The molecule has 1 unspecified atom stereocenters. The molecule has 4 N–H and O–H groups in total. The van der Waals surface area contributed by atoms with Crippen LogP contribution in [0.4, 0.5) is 11.5 Å². The number of aliphatic hydroxyl groups is 1. The zero-order valence-electron chi connectivity index (χ0n) is 11.1. The van der Waals surface area contributed by atoms with Gasteiger partial charge < -0.3 is 16.2 Å². The van der Waals surface area contributed by atoms with Gasteiger partial charge in [0.25, 0.3) is 0 Å². The Bertz CT molecular complexity index is 544. The molecule has 102 valence electrons. The Morgan fingerprint density at radius 2 is 2.21 bits per heavy atom. The Labute approximate surface area is 112 Å². The number of nitrogen functional groups attached to an aromatic ring is 1. The van der Waals surface area contributed by atoms with E-state index in [0.717, 1.165) is 36.1 Å². The van der Waals surface area contributed by atoms with Crippen LogP contribution in [0.3, 0.4) is 0 Å². The van der Waals surface area contributed by atoms with E-state index in [9.17, 15) is 0 Å². The Morgan fingerprint density at radius 3 is 3.00 bits per heavy atom. The van der Waals surface area contributed by atoms with E-state index in [4.69, 9.17) is 10.8 Å². The first-order valence-corrected chi connectivity index (χ1v) is 6.55. The lowest BCUT2D eigenvalue weighted by Crippen LogP contribution is -2.08. The molecule has 0 fully saturated rings. The molecule has 0 saturated carbocycles. The van der Waals surface area contributed by atoms with Crippen LogP contribution < -0.4 is 11.1 Å². The number of aromatic nitrogens is 2. The molecule has 0 aliphatic rings. The fourth-order valence-corrected chi connectivity index (χ4v) is 1.96. The molecule has 1 atom stereocenters. The van der Waals surface area contributed by atoms with Crippen LogP contribution in [-0.4, -0.2) is 28.2 Å². The number of fused-ring (bicyclic) bond motifs is 1. The van der Waals surface area contributed by atoms with Crippen LogP contribution in [0.1, 0.15) is 19.8 Å². The normalized spacial score (nSPS) is 12.5. The van der Waals surface area contributed by atoms with Crippen molar-refractivity contribution in [3.05, 3.63) is 24.5 Å². The van der Waals surface area contributed by atoms with E-state index in [2.05, 4.69) is 15.3 Å². The Hall–Kier alpha value is -1.88. The van der Waals surface area contributed by atoms with Gasteiger partial charge in [-0.2, -0.15) is 0 Å². The van der Waals surface area contributed by atoms with E-state index in [1.807, 2.05) is 25.1 Å². The highest BCUT2D eigenvalue weighted by Gasteiger charge is 2.04. The number of nitrogens with zero attached hydrogens (tertiary/aromatic N) is 2. The van der Waals surface area contributed by atoms with Crippen molar-refractivity contribution in [1.82, 2.24) is 9.97 Å². The summed E-state index contributed by atoms with van der Waals surface area (Å²) in [4.78, 5) is 8.47. The monoisotopic (exact) mass is 260 g/mol. The molecule has 0 aliphatic heterocycles. The molecule has 5 nitrogen and oxygen atoms in total. The lowest BCUT2D eigenvalue weighted by Gasteiger charge is -2.10. The standard InChI is InChI=1S/C14H20N4O/c1-10(8-19)3-2-6-16-14-12-7-11(15)4-5-13(12)17-9-18-14/h4-5,7,9-10,19H,2-3,6,8,15H2,1H3,(H,16,17,18). The Morgan fingerprint density at radius 1 is 1.37 bits per heavy atom. The van der Waals surface area contributed by atoms with Gasteiger partial charge in [0.15, 0.2) is 0 Å². The van der Waals surface area contributed by atoms with Crippen molar-refractivity contribution in [2.75, 3.05) is 24.2 Å². The topological polar surface area (TPSA) is 84.1 Å².